The summed E-state index contributed by atoms with van der Waals surface area (Å²) in [5.41, 5.74) is 2.11. The monoisotopic (exact) mass is 399 g/mol. The average molecular weight is 400 g/mol. The molecule has 5 nitrogen and oxygen atoms in total. The van der Waals surface area contributed by atoms with Gasteiger partial charge in [0.1, 0.15) is 6.10 Å². The molecule has 1 aliphatic rings. The summed E-state index contributed by atoms with van der Waals surface area (Å²) in [5.74, 6) is 0.735. The minimum atomic E-state index is 0.000550. The number of nitrogens with one attached hydrogen (secondary N) is 1. The van der Waals surface area contributed by atoms with Crippen LogP contribution in [0.2, 0.25) is 0 Å². The van der Waals surface area contributed by atoms with Crippen LogP contribution < -0.4 is 4.74 Å². The van der Waals surface area contributed by atoms with Crippen LogP contribution in [-0.2, 0) is 11.2 Å². The molecular weight excluding hydrogens is 382 g/mol. The maximum Gasteiger partial charge on any atom is 0.227 e. The topological polar surface area (TPSA) is 58.2 Å². The Morgan fingerprint density at radius 1 is 1.32 bits per heavy atom. The first-order valence-corrected chi connectivity index (χ1v) is 9.09. The third kappa shape index (κ3) is 3.54. The third-order valence-electron chi connectivity index (χ3n) is 4.50. The average Bonchev–Trinajstić information content (AvgIpc) is 3.25. The van der Waals surface area contributed by atoms with E-state index in [2.05, 4.69) is 25.9 Å². The molecular formula is C19H18BrN3O2. The standard InChI is InChI=1S/C19H18BrN3O2/c20-14-5-6-18(22-11-14)25-15-7-8-23(12-15)19(24)9-13-10-21-17-4-2-1-3-16(13)17/h1-6,10-11,15,21H,7-9,12H2. The van der Waals surface area contributed by atoms with E-state index in [1.165, 1.54) is 0 Å². The number of carbonyl (C=O) groups is 1. The van der Waals surface area contributed by atoms with Gasteiger partial charge in [-0.25, -0.2) is 4.98 Å². The number of likely N-dealkylation sites (tertiary alicyclic amines) is 1. The maximum atomic E-state index is 12.6. The molecule has 6 heteroatoms. The Hall–Kier alpha value is -2.34. The summed E-state index contributed by atoms with van der Waals surface area (Å²) in [4.78, 5) is 22.0. The number of halogens is 1. The number of hydrogen-bond acceptors (Lipinski definition) is 3. The second-order valence-corrected chi connectivity index (χ2v) is 7.13. The maximum absolute atomic E-state index is 12.6. The lowest BCUT2D eigenvalue weighted by atomic mass is 10.1. The smallest absolute Gasteiger partial charge is 0.227 e. The molecule has 1 unspecified atom stereocenters. The summed E-state index contributed by atoms with van der Waals surface area (Å²) in [7, 11) is 0. The fraction of sp³-hybridized carbons (Fsp3) is 0.263. The Bertz CT molecular complexity index is 891. The highest BCUT2D eigenvalue weighted by molar-refractivity contribution is 9.10. The molecule has 3 heterocycles. The lowest BCUT2D eigenvalue weighted by Crippen LogP contribution is -2.32. The number of fused-ring (bicyclic) bond motifs is 1. The van der Waals surface area contributed by atoms with Gasteiger partial charge >= 0.3 is 0 Å². The van der Waals surface area contributed by atoms with E-state index in [9.17, 15) is 4.79 Å². The molecule has 4 rings (SSSR count). The number of pyridine rings is 1. The number of aromatic nitrogens is 2. The fourth-order valence-corrected chi connectivity index (χ4v) is 3.44. The largest absolute Gasteiger partial charge is 0.472 e. The van der Waals surface area contributed by atoms with Gasteiger partial charge in [-0.05, 0) is 33.6 Å². The van der Waals surface area contributed by atoms with Crippen LogP contribution >= 0.6 is 15.9 Å². The van der Waals surface area contributed by atoms with Gasteiger partial charge in [0, 0.05) is 46.8 Å². The number of amides is 1. The number of rotatable bonds is 4. The summed E-state index contributed by atoms with van der Waals surface area (Å²) in [6.45, 7) is 1.33. The summed E-state index contributed by atoms with van der Waals surface area (Å²) in [5, 5.41) is 1.11. The number of hydrogen-bond donors (Lipinski definition) is 1. The Morgan fingerprint density at radius 2 is 2.20 bits per heavy atom. The summed E-state index contributed by atoms with van der Waals surface area (Å²) < 4.78 is 6.80. The van der Waals surface area contributed by atoms with Crippen LogP contribution in [0.15, 0.2) is 53.3 Å². The van der Waals surface area contributed by atoms with Crippen molar-refractivity contribution in [1.82, 2.24) is 14.9 Å². The number of ether oxygens (including phenoxy) is 1. The lowest BCUT2D eigenvalue weighted by Gasteiger charge is -2.17. The van der Waals surface area contributed by atoms with Crippen LogP contribution in [0.5, 0.6) is 5.88 Å². The Balaban J connectivity index is 1.38. The normalized spacial score (nSPS) is 17.2. The van der Waals surface area contributed by atoms with Gasteiger partial charge in [0.25, 0.3) is 0 Å². The molecule has 25 heavy (non-hydrogen) atoms. The van der Waals surface area contributed by atoms with Crippen molar-refractivity contribution in [3.05, 3.63) is 58.8 Å². The number of aromatic amines is 1. The van der Waals surface area contributed by atoms with Gasteiger partial charge in [-0.2, -0.15) is 0 Å². The van der Waals surface area contributed by atoms with Crippen LogP contribution in [-0.4, -0.2) is 40.0 Å². The van der Waals surface area contributed by atoms with E-state index in [0.717, 1.165) is 33.9 Å². The molecule has 0 radical (unpaired) electrons. The van der Waals surface area contributed by atoms with E-state index in [0.29, 0.717) is 18.8 Å². The van der Waals surface area contributed by atoms with E-state index in [1.807, 2.05) is 47.5 Å². The third-order valence-corrected chi connectivity index (χ3v) is 4.97. The SMILES string of the molecule is O=C(Cc1c[nH]c2ccccc12)N1CCC(Oc2ccc(Br)cn2)C1. The van der Waals surface area contributed by atoms with Crippen molar-refractivity contribution in [1.29, 1.82) is 0 Å². The molecule has 0 aliphatic carbocycles. The second kappa shape index (κ2) is 6.88. The van der Waals surface area contributed by atoms with Crippen molar-refractivity contribution >= 4 is 32.7 Å². The number of nitrogens with zero attached hydrogens (tertiary/aromatic N) is 2. The van der Waals surface area contributed by atoms with Gasteiger partial charge in [0.2, 0.25) is 11.8 Å². The van der Waals surface area contributed by atoms with Gasteiger partial charge < -0.3 is 14.6 Å². The quantitative estimate of drug-likeness (QED) is 0.729. The van der Waals surface area contributed by atoms with Crippen LogP contribution in [0.1, 0.15) is 12.0 Å². The Kier molecular flexibility index (Phi) is 4.44. The fourth-order valence-electron chi connectivity index (χ4n) is 3.21. The number of H-pyrrole nitrogens is 1. The Morgan fingerprint density at radius 3 is 3.04 bits per heavy atom. The second-order valence-electron chi connectivity index (χ2n) is 6.22. The van der Waals surface area contributed by atoms with Gasteiger partial charge in [-0.3, -0.25) is 4.79 Å². The van der Waals surface area contributed by atoms with Crippen LogP contribution in [0.4, 0.5) is 0 Å². The van der Waals surface area contributed by atoms with E-state index in [1.54, 1.807) is 6.20 Å². The predicted octanol–water partition coefficient (Wildman–Crippen LogP) is 3.55. The van der Waals surface area contributed by atoms with Crippen LogP contribution in [0, 0.1) is 0 Å². The first kappa shape index (κ1) is 16.1. The van der Waals surface area contributed by atoms with Gasteiger partial charge in [-0.15, -0.1) is 0 Å². The highest BCUT2D eigenvalue weighted by Crippen LogP contribution is 2.21. The molecule has 3 aromatic rings. The number of benzene rings is 1. The van der Waals surface area contributed by atoms with Gasteiger partial charge in [0.05, 0.1) is 13.0 Å². The summed E-state index contributed by atoms with van der Waals surface area (Å²) in [6, 6.07) is 11.8. The zero-order valence-electron chi connectivity index (χ0n) is 13.6. The van der Waals surface area contributed by atoms with Gasteiger partial charge in [-0.1, -0.05) is 18.2 Å². The highest BCUT2D eigenvalue weighted by Gasteiger charge is 2.28. The summed E-state index contributed by atoms with van der Waals surface area (Å²) >= 11 is 3.36. The van der Waals surface area contributed by atoms with Crippen molar-refractivity contribution in [2.24, 2.45) is 0 Å². The molecule has 1 fully saturated rings. The van der Waals surface area contributed by atoms with E-state index in [4.69, 9.17) is 4.74 Å². The van der Waals surface area contributed by atoms with E-state index < -0.39 is 0 Å². The first-order chi connectivity index (χ1) is 12.2. The minimum Gasteiger partial charge on any atom is -0.472 e. The molecule has 1 saturated heterocycles. The molecule has 0 spiro atoms. The first-order valence-electron chi connectivity index (χ1n) is 8.30. The van der Waals surface area contributed by atoms with Crippen molar-refractivity contribution < 1.29 is 9.53 Å². The predicted molar refractivity (Wildman–Crippen MR) is 99.6 cm³/mol. The molecule has 0 bridgehead atoms. The number of para-hydroxylation sites is 1. The zero-order chi connectivity index (χ0) is 17.2. The molecule has 1 amide bonds. The molecule has 1 aliphatic heterocycles. The van der Waals surface area contributed by atoms with Gasteiger partial charge in [0.15, 0.2) is 0 Å². The molecule has 1 aromatic carbocycles. The van der Waals surface area contributed by atoms with Crippen molar-refractivity contribution in [2.75, 3.05) is 13.1 Å². The van der Waals surface area contributed by atoms with E-state index >= 15 is 0 Å². The number of carbonyl (C=O) groups excluding carboxylic acids is 1. The molecule has 1 N–H and O–H groups in total. The summed E-state index contributed by atoms with van der Waals surface area (Å²) in [6.07, 6.45) is 4.88. The molecule has 1 atom stereocenters. The van der Waals surface area contributed by atoms with Crippen LogP contribution in [0.25, 0.3) is 10.9 Å². The van der Waals surface area contributed by atoms with Crippen molar-refractivity contribution in [2.45, 2.75) is 18.9 Å². The Labute approximate surface area is 154 Å². The molecule has 0 saturated carbocycles. The molecule has 2 aromatic heterocycles. The van der Waals surface area contributed by atoms with Crippen molar-refractivity contribution in [3.8, 4) is 5.88 Å². The van der Waals surface area contributed by atoms with Crippen molar-refractivity contribution in [3.63, 3.8) is 0 Å². The van der Waals surface area contributed by atoms with Crippen LogP contribution in [0.3, 0.4) is 0 Å². The van der Waals surface area contributed by atoms with E-state index in [-0.39, 0.29) is 12.0 Å². The minimum absolute atomic E-state index is 0.000550. The zero-order valence-corrected chi connectivity index (χ0v) is 15.2. The molecule has 128 valence electrons. The lowest BCUT2D eigenvalue weighted by molar-refractivity contribution is -0.129. The highest BCUT2D eigenvalue weighted by atomic mass is 79.9.